The van der Waals surface area contributed by atoms with Crippen LogP contribution in [0.25, 0.3) is 0 Å². The molecule has 15 heavy (non-hydrogen) atoms. The van der Waals surface area contributed by atoms with Crippen molar-refractivity contribution in [3.8, 4) is 0 Å². The van der Waals surface area contributed by atoms with Crippen LogP contribution in [0.5, 0.6) is 0 Å². The number of furan rings is 1. The van der Waals surface area contributed by atoms with Crippen LogP contribution in [0.1, 0.15) is 36.8 Å². The smallest absolute Gasteiger partial charge is 0.120 e. The van der Waals surface area contributed by atoms with E-state index < -0.39 is 0 Å². The number of aryl methyl sites for hydroxylation is 1. The van der Waals surface area contributed by atoms with Gasteiger partial charge in [-0.15, -0.1) is 0 Å². The van der Waals surface area contributed by atoms with Crippen molar-refractivity contribution in [3.63, 3.8) is 0 Å². The summed E-state index contributed by atoms with van der Waals surface area (Å²) >= 11 is 0. The Bertz CT molecular complexity index is 294. The molecule has 1 rings (SSSR count). The molecule has 0 saturated heterocycles. The molecule has 0 spiro atoms. The first-order valence-electron chi connectivity index (χ1n) is 5.64. The zero-order chi connectivity index (χ0) is 11.3. The summed E-state index contributed by atoms with van der Waals surface area (Å²) in [5.41, 5.74) is 6.73. The number of nitrogens with zero attached hydrogens (tertiary/aromatic N) is 1. The van der Waals surface area contributed by atoms with Crippen LogP contribution in [0.2, 0.25) is 0 Å². The highest BCUT2D eigenvalue weighted by molar-refractivity contribution is 5.19. The van der Waals surface area contributed by atoms with Crippen LogP contribution in [0, 0.1) is 6.92 Å². The largest absolute Gasteiger partial charge is 0.463 e. The standard InChI is InChI=1S/C12H22N2O/c1-4-5-6-14(3)9-11-7-10(2)12(8-13)15-11/h7H,4-6,8-9,13H2,1-3H3. The number of hydrogen-bond donors (Lipinski definition) is 1. The maximum Gasteiger partial charge on any atom is 0.120 e. The van der Waals surface area contributed by atoms with E-state index in [0.717, 1.165) is 30.2 Å². The van der Waals surface area contributed by atoms with Crippen molar-refractivity contribution in [2.24, 2.45) is 5.73 Å². The first-order valence-corrected chi connectivity index (χ1v) is 5.64. The van der Waals surface area contributed by atoms with Gasteiger partial charge in [0.05, 0.1) is 13.1 Å². The Kier molecular flexibility index (Phi) is 4.85. The molecule has 3 heteroatoms. The first-order chi connectivity index (χ1) is 7.17. The minimum atomic E-state index is 0.491. The lowest BCUT2D eigenvalue weighted by Crippen LogP contribution is -2.18. The van der Waals surface area contributed by atoms with Gasteiger partial charge in [-0.05, 0) is 38.6 Å². The topological polar surface area (TPSA) is 42.4 Å². The molecule has 2 N–H and O–H groups in total. The van der Waals surface area contributed by atoms with Crippen LogP contribution in [0.15, 0.2) is 10.5 Å². The maximum absolute atomic E-state index is 5.65. The van der Waals surface area contributed by atoms with E-state index >= 15 is 0 Å². The van der Waals surface area contributed by atoms with E-state index in [2.05, 4.69) is 24.9 Å². The van der Waals surface area contributed by atoms with Gasteiger partial charge in [-0.3, -0.25) is 4.90 Å². The molecule has 86 valence electrons. The van der Waals surface area contributed by atoms with E-state index in [-0.39, 0.29) is 0 Å². The lowest BCUT2D eigenvalue weighted by Gasteiger charge is -2.13. The normalized spacial score (nSPS) is 11.3. The average molecular weight is 210 g/mol. The van der Waals surface area contributed by atoms with E-state index in [9.17, 15) is 0 Å². The summed E-state index contributed by atoms with van der Waals surface area (Å²) in [6, 6.07) is 2.09. The molecule has 1 aromatic rings. The number of nitrogens with two attached hydrogens (primary N) is 1. The lowest BCUT2D eigenvalue weighted by molar-refractivity contribution is 0.286. The van der Waals surface area contributed by atoms with Crippen LogP contribution < -0.4 is 5.73 Å². The Morgan fingerprint density at radius 3 is 2.73 bits per heavy atom. The van der Waals surface area contributed by atoms with Gasteiger partial charge in [-0.25, -0.2) is 0 Å². The van der Waals surface area contributed by atoms with Gasteiger partial charge in [0.2, 0.25) is 0 Å². The highest BCUT2D eigenvalue weighted by Crippen LogP contribution is 2.15. The predicted octanol–water partition coefficient (Wildman–Crippen LogP) is 2.28. The number of rotatable bonds is 6. The second-order valence-corrected chi connectivity index (χ2v) is 4.11. The van der Waals surface area contributed by atoms with Gasteiger partial charge < -0.3 is 10.2 Å². The predicted molar refractivity (Wildman–Crippen MR) is 62.6 cm³/mol. The Balaban J connectivity index is 2.49. The van der Waals surface area contributed by atoms with Crippen molar-refractivity contribution in [3.05, 3.63) is 23.2 Å². The molecule has 0 saturated carbocycles. The number of hydrogen-bond acceptors (Lipinski definition) is 3. The van der Waals surface area contributed by atoms with E-state index in [0.29, 0.717) is 6.54 Å². The molecule has 0 atom stereocenters. The first kappa shape index (κ1) is 12.3. The van der Waals surface area contributed by atoms with Crippen LogP contribution in [-0.4, -0.2) is 18.5 Å². The van der Waals surface area contributed by atoms with E-state index in [4.69, 9.17) is 10.2 Å². The van der Waals surface area contributed by atoms with E-state index in [1.54, 1.807) is 0 Å². The third kappa shape index (κ3) is 3.68. The molecule has 0 aromatic carbocycles. The molecule has 0 unspecified atom stereocenters. The molecular weight excluding hydrogens is 188 g/mol. The zero-order valence-corrected chi connectivity index (χ0v) is 10.0. The highest BCUT2D eigenvalue weighted by Gasteiger charge is 2.07. The molecule has 1 aromatic heterocycles. The van der Waals surface area contributed by atoms with Crippen LogP contribution in [0.4, 0.5) is 0 Å². The molecule has 0 aliphatic heterocycles. The SMILES string of the molecule is CCCCN(C)Cc1cc(C)c(CN)o1. The molecule has 1 heterocycles. The summed E-state index contributed by atoms with van der Waals surface area (Å²) in [4.78, 5) is 2.28. The van der Waals surface area contributed by atoms with E-state index in [1.807, 2.05) is 6.92 Å². The van der Waals surface area contributed by atoms with Gasteiger partial charge in [-0.1, -0.05) is 13.3 Å². The summed E-state index contributed by atoms with van der Waals surface area (Å²) in [6.07, 6.45) is 2.47. The van der Waals surface area contributed by atoms with Gasteiger partial charge in [0.15, 0.2) is 0 Å². The van der Waals surface area contributed by atoms with Crippen molar-refractivity contribution >= 4 is 0 Å². The van der Waals surface area contributed by atoms with E-state index in [1.165, 1.54) is 12.8 Å². The van der Waals surface area contributed by atoms with Crippen molar-refractivity contribution in [1.82, 2.24) is 4.90 Å². The highest BCUT2D eigenvalue weighted by atomic mass is 16.3. The van der Waals surface area contributed by atoms with Gasteiger partial charge in [0.1, 0.15) is 11.5 Å². The third-order valence-corrected chi connectivity index (χ3v) is 2.58. The second-order valence-electron chi connectivity index (χ2n) is 4.11. The maximum atomic E-state index is 5.65. The molecule has 0 bridgehead atoms. The minimum Gasteiger partial charge on any atom is -0.463 e. The molecule has 3 nitrogen and oxygen atoms in total. The molecule has 0 aliphatic carbocycles. The van der Waals surface area contributed by atoms with Crippen molar-refractivity contribution in [2.75, 3.05) is 13.6 Å². The summed E-state index contributed by atoms with van der Waals surface area (Å²) < 4.78 is 5.65. The van der Waals surface area contributed by atoms with Crippen LogP contribution >= 0.6 is 0 Å². The Morgan fingerprint density at radius 2 is 2.20 bits per heavy atom. The Labute approximate surface area is 92.2 Å². The van der Waals surface area contributed by atoms with Gasteiger partial charge in [-0.2, -0.15) is 0 Å². The van der Waals surface area contributed by atoms with Crippen LogP contribution in [-0.2, 0) is 13.1 Å². The lowest BCUT2D eigenvalue weighted by atomic mass is 10.2. The Morgan fingerprint density at radius 1 is 1.47 bits per heavy atom. The quantitative estimate of drug-likeness (QED) is 0.783. The van der Waals surface area contributed by atoms with Crippen molar-refractivity contribution < 1.29 is 4.42 Å². The third-order valence-electron chi connectivity index (χ3n) is 2.58. The molecule has 0 radical (unpaired) electrons. The monoisotopic (exact) mass is 210 g/mol. The molecular formula is C12H22N2O. The van der Waals surface area contributed by atoms with Crippen molar-refractivity contribution in [1.29, 1.82) is 0 Å². The zero-order valence-electron chi connectivity index (χ0n) is 10.0. The minimum absolute atomic E-state index is 0.491. The fourth-order valence-electron chi connectivity index (χ4n) is 1.64. The van der Waals surface area contributed by atoms with Crippen molar-refractivity contribution in [2.45, 2.75) is 39.8 Å². The fourth-order valence-corrected chi connectivity index (χ4v) is 1.64. The Hall–Kier alpha value is -0.800. The fraction of sp³-hybridized carbons (Fsp3) is 0.667. The summed E-state index contributed by atoms with van der Waals surface area (Å²) in [5, 5.41) is 0. The molecule has 0 fully saturated rings. The second kappa shape index (κ2) is 5.93. The molecule has 0 amide bonds. The number of unbranched alkanes of at least 4 members (excludes halogenated alkanes) is 1. The van der Waals surface area contributed by atoms with Gasteiger partial charge in [0.25, 0.3) is 0 Å². The summed E-state index contributed by atoms with van der Waals surface area (Å²) in [6.45, 7) is 6.73. The molecule has 0 aliphatic rings. The van der Waals surface area contributed by atoms with Gasteiger partial charge >= 0.3 is 0 Å². The van der Waals surface area contributed by atoms with Crippen LogP contribution in [0.3, 0.4) is 0 Å². The summed E-state index contributed by atoms with van der Waals surface area (Å²) in [7, 11) is 2.12. The summed E-state index contributed by atoms with van der Waals surface area (Å²) in [5.74, 6) is 1.93. The van der Waals surface area contributed by atoms with Gasteiger partial charge in [0, 0.05) is 0 Å². The average Bonchev–Trinajstić information content (AvgIpc) is 2.55.